The van der Waals surface area contributed by atoms with Crippen molar-refractivity contribution in [1.29, 1.82) is 0 Å². The topological polar surface area (TPSA) is 66.5 Å². The number of nitrogens with zero attached hydrogens (tertiary/aromatic N) is 1. The fourth-order valence-electron chi connectivity index (χ4n) is 2.73. The maximum Gasteiger partial charge on any atom is 0.236 e. The molecule has 0 saturated heterocycles. The van der Waals surface area contributed by atoms with Gasteiger partial charge in [0.1, 0.15) is 11.2 Å². The first-order chi connectivity index (χ1) is 10.9. The molecule has 2 amide bonds. The molecule has 2 unspecified atom stereocenters. The zero-order chi connectivity index (χ0) is 17.6. The highest BCUT2D eigenvalue weighted by molar-refractivity contribution is 6.08. The maximum atomic E-state index is 12.2. The van der Waals surface area contributed by atoms with Gasteiger partial charge in [0.25, 0.3) is 0 Å². The Hall–Kier alpha value is -1.91. The Morgan fingerprint density at radius 3 is 2.09 bits per heavy atom. The minimum absolute atomic E-state index is 0.0232. The molecular formula is C18H28N2O3. The van der Waals surface area contributed by atoms with Crippen LogP contribution in [-0.2, 0) is 14.4 Å². The van der Waals surface area contributed by atoms with Crippen molar-refractivity contribution in [2.75, 3.05) is 13.1 Å². The summed E-state index contributed by atoms with van der Waals surface area (Å²) in [7, 11) is 0. The van der Waals surface area contributed by atoms with Crippen molar-refractivity contribution >= 4 is 17.6 Å². The van der Waals surface area contributed by atoms with Crippen LogP contribution in [0.3, 0.4) is 0 Å². The molecule has 0 aromatic heterocycles. The van der Waals surface area contributed by atoms with Crippen LogP contribution in [0.2, 0.25) is 0 Å². The largest absolute Gasteiger partial charge is 0.342 e. The molecule has 2 fully saturated rings. The lowest BCUT2D eigenvalue weighted by molar-refractivity contribution is -0.142. The fourth-order valence-corrected chi connectivity index (χ4v) is 2.73. The summed E-state index contributed by atoms with van der Waals surface area (Å²) in [5.41, 5.74) is -0.770. The maximum absolute atomic E-state index is 12.2. The fraction of sp³-hybridized carbons (Fsp3) is 0.611. The summed E-state index contributed by atoms with van der Waals surface area (Å²) in [6.07, 6.45) is 5.91. The van der Waals surface area contributed by atoms with Gasteiger partial charge in [-0.15, -0.1) is 6.58 Å². The van der Waals surface area contributed by atoms with Crippen molar-refractivity contribution in [3.05, 3.63) is 25.4 Å². The molecule has 1 N–H and O–H groups in total. The summed E-state index contributed by atoms with van der Waals surface area (Å²) in [4.78, 5) is 36.1. The van der Waals surface area contributed by atoms with Crippen molar-refractivity contribution in [3.63, 3.8) is 0 Å². The Morgan fingerprint density at radius 2 is 1.78 bits per heavy atom. The molecule has 2 atom stereocenters. The SMILES string of the molecule is C=CC1CC1(C(C)=O)C(=O)N(CC)CC.C=CNC(=O)C1CC1. The van der Waals surface area contributed by atoms with Gasteiger partial charge in [-0.25, -0.2) is 0 Å². The van der Waals surface area contributed by atoms with Gasteiger partial charge in [-0.2, -0.15) is 0 Å². The van der Waals surface area contributed by atoms with E-state index in [9.17, 15) is 14.4 Å². The smallest absolute Gasteiger partial charge is 0.236 e. The molecule has 2 saturated carbocycles. The minimum atomic E-state index is -0.770. The number of nitrogens with one attached hydrogen (secondary N) is 1. The second-order valence-electron chi connectivity index (χ2n) is 6.04. The Morgan fingerprint density at radius 1 is 1.22 bits per heavy atom. The normalized spacial score (nSPS) is 24.6. The molecular weight excluding hydrogens is 292 g/mol. The van der Waals surface area contributed by atoms with Crippen LogP contribution in [0.1, 0.15) is 40.0 Å². The Labute approximate surface area is 138 Å². The van der Waals surface area contributed by atoms with Crippen LogP contribution in [0.5, 0.6) is 0 Å². The Balaban J connectivity index is 0.000000277. The van der Waals surface area contributed by atoms with Crippen LogP contribution in [0.15, 0.2) is 25.4 Å². The summed E-state index contributed by atoms with van der Waals surface area (Å²) < 4.78 is 0. The van der Waals surface area contributed by atoms with E-state index in [0.717, 1.165) is 12.8 Å². The highest BCUT2D eigenvalue weighted by Gasteiger charge is 2.63. The summed E-state index contributed by atoms with van der Waals surface area (Å²) in [6.45, 7) is 13.7. The van der Waals surface area contributed by atoms with Crippen molar-refractivity contribution in [3.8, 4) is 0 Å². The van der Waals surface area contributed by atoms with Crippen molar-refractivity contribution < 1.29 is 14.4 Å². The van der Waals surface area contributed by atoms with Gasteiger partial charge in [0, 0.05) is 19.0 Å². The van der Waals surface area contributed by atoms with E-state index in [1.165, 1.54) is 13.1 Å². The van der Waals surface area contributed by atoms with E-state index in [-0.39, 0.29) is 23.5 Å². The number of ketones is 1. The minimum Gasteiger partial charge on any atom is -0.342 e. The lowest BCUT2D eigenvalue weighted by Crippen LogP contribution is -2.41. The monoisotopic (exact) mass is 320 g/mol. The average molecular weight is 320 g/mol. The Kier molecular flexibility index (Phi) is 6.73. The van der Waals surface area contributed by atoms with Gasteiger partial charge in [0.05, 0.1) is 0 Å². The number of carbonyl (C=O) groups is 3. The number of allylic oxidation sites excluding steroid dienone is 1. The van der Waals surface area contributed by atoms with Gasteiger partial charge in [-0.3, -0.25) is 14.4 Å². The van der Waals surface area contributed by atoms with Crippen LogP contribution in [0.25, 0.3) is 0 Å². The van der Waals surface area contributed by atoms with Crippen LogP contribution in [0.4, 0.5) is 0 Å². The summed E-state index contributed by atoms with van der Waals surface area (Å²) in [5.74, 6) is 0.422. The molecule has 128 valence electrons. The van der Waals surface area contributed by atoms with E-state index in [1.807, 2.05) is 13.8 Å². The van der Waals surface area contributed by atoms with Crippen LogP contribution < -0.4 is 5.32 Å². The van der Waals surface area contributed by atoms with E-state index in [2.05, 4.69) is 18.5 Å². The average Bonchev–Trinajstić information content (AvgIpc) is 3.41. The van der Waals surface area contributed by atoms with E-state index in [4.69, 9.17) is 0 Å². The molecule has 0 bridgehead atoms. The number of hydrogen-bond acceptors (Lipinski definition) is 3. The predicted molar refractivity (Wildman–Crippen MR) is 90.4 cm³/mol. The van der Waals surface area contributed by atoms with Gasteiger partial charge in [0.2, 0.25) is 11.8 Å². The first-order valence-electron chi connectivity index (χ1n) is 8.23. The second-order valence-corrected chi connectivity index (χ2v) is 6.04. The van der Waals surface area contributed by atoms with Gasteiger partial charge in [0.15, 0.2) is 0 Å². The molecule has 23 heavy (non-hydrogen) atoms. The standard InChI is InChI=1S/C12H19NO2.C6H9NO/c1-5-10-8-12(10,9(4)14)11(15)13(6-2)7-3;1-2-7-6(8)5-3-4-5/h5,10H,1,6-8H2,2-4H3;2,5H,1,3-4H2,(H,7,8). The van der Waals surface area contributed by atoms with Crippen LogP contribution in [0, 0.1) is 17.3 Å². The molecule has 2 aliphatic rings. The number of Topliss-reactive ketones (excluding diaryl/α,β-unsaturated/α-hetero) is 1. The van der Waals surface area contributed by atoms with Gasteiger partial charge < -0.3 is 10.2 Å². The molecule has 0 radical (unpaired) electrons. The van der Waals surface area contributed by atoms with Crippen LogP contribution in [-0.4, -0.2) is 35.6 Å². The van der Waals surface area contributed by atoms with Gasteiger partial charge in [-0.1, -0.05) is 12.7 Å². The number of amides is 2. The summed E-state index contributed by atoms with van der Waals surface area (Å²) in [6, 6.07) is 0. The predicted octanol–water partition coefficient (Wildman–Crippen LogP) is 2.29. The third-order valence-corrected chi connectivity index (χ3v) is 4.55. The molecule has 5 nitrogen and oxygen atoms in total. The Bertz CT molecular complexity index is 492. The number of hydrogen-bond donors (Lipinski definition) is 1. The molecule has 0 aromatic rings. The van der Waals surface area contributed by atoms with Gasteiger partial charge in [-0.05, 0) is 52.2 Å². The van der Waals surface area contributed by atoms with Crippen molar-refractivity contribution in [2.45, 2.75) is 40.0 Å². The number of rotatable bonds is 7. The molecule has 2 rings (SSSR count). The highest BCUT2D eigenvalue weighted by atomic mass is 16.2. The molecule has 5 heteroatoms. The van der Waals surface area contributed by atoms with Crippen LogP contribution >= 0.6 is 0 Å². The van der Waals surface area contributed by atoms with E-state index in [0.29, 0.717) is 25.4 Å². The lowest BCUT2D eigenvalue weighted by atomic mass is 9.96. The summed E-state index contributed by atoms with van der Waals surface area (Å²) >= 11 is 0. The molecule has 2 aliphatic carbocycles. The molecule has 0 spiro atoms. The third-order valence-electron chi connectivity index (χ3n) is 4.55. The molecule has 0 aromatic carbocycles. The third kappa shape index (κ3) is 4.30. The van der Waals surface area contributed by atoms with E-state index >= 15 is 0 Å². The molecule has 0 aliphatic heterocycles. The summed E-state index contributed by atoms with van der Waals surface area (Å²) in [5, 5.41) is 2.53. The quantitative estimate of drug-likeness (QED) is 0.578. The zero-order valence-corrected chi connectivity index (χ0v) is 14.4. The van der Waals surface area contributed by atoms with E-state index in [1.54, 1.807) is 11.0 Å². The van der Waals surface area contributed by atoms with Crippen molar-refractivity contribution in [2.24, 2.45) is 17.3 Å². The molecule has 0 heterocycles. The second kappa shape index (κ2) is 8.09. The van der Waals surface area contributed by atoms with E-state index < -0.39 is 5.41 Å². The number of carbonyl (C=O) groups excluding carboxylic acids is 3. The lowest BCUT2D eigenvalue weighted by Gasteiger charge is -2.24. The first-order valence-corrected chi connectivity index (χ1v) is 8.23. The van der Waals surface area contributed by atoms with Gasteiger partial charge >= 0.3 is 0 Å². The highest BCUT2D eigenvalue weighted by Crippen LogP contribution is 2.55. The van der Waals surface area contributed by atoms with Crippen molar-refractivity contribution in [1.82, 2.24) is 10.2 Å². The first kappa shape index (κ1) is 19.1. The zero-order valence-electron chi connectivity index (χ0n) is 14.4.